The quantitative estimate of drug-likeness (QED) is 0.665. The lowest BCUT2D eigenvalue weighted by molar-refractivity contribution is 0.101. The number of carbonyl (C=O) groups excluding carboxylic acids is 1. The maximum Gasteiger partial charge on any atom is 0.159 e. The molecule has 0 bridgehead atoms. The minimum absolute atomic E-state index is 0.135. The van der Waals surface area contributed by atoms with Gasteiger partial charge in [-0.2, -0.15) is 0 Å². The smallest absolute Gasteiger partial charge is 0.159 e. The molecule has 1 aromatic rings. The van der Waals surface area contributed by atoms with E-state index in [2.05, 4.69) is 30.9 Å². The van der Waals surface area contributed by atoms with E-state index in [0.717, 1.165) is 5.56 Å². The van der Waals surface area contributed by atoms with Crippen LogP contribution in [0.5, 0.6) is 0 Å². The van der Waals surface area contributed by atoms with Crippen LogP contribution in [0.2, 0.25) is 0 Å². The van der Waals surface area contributed by atoms with Gasteiger partial charge >= 0.3 is 0 Å². The molecule has 72 valence electrons. The zero-order valence-corrected chi connectivity index (χ0v) is 9.44. The van der Waals surface area contributed by atoms with Gasteiger partial charge in [0.1, 0.15) is 0 Å². The molecular formula is C11H16OS. The Morgan fingerprint density at radius 1 is 1.08 bits per heavy atom. The maximum atomic E-state index is 11.0. The summed E-state index contributed by atoms with van der Waals surface area (Å²) < 4.78 is 0. The van der Waals surface area contributed by atoms with Crippen molar-refractivity contribution < 1.29 is 4.79 Å². The van der Waals surface area contributed by atoms with Crippen molar-refractivity contribution in [3.63, 3.8) is 0 Å². The van der Waals surface area contributed by atoms with E-state index in [4.69, 9.17) is 0 Å². The number of hydrogen-bond acceptors (Lipinski definition) is 1. The van der Waals surface area contributed by atoms with Crippen LogP contribution in [0.3, 0.4) is 0 Å². The van der Waals surface area contributed by atoms with Crippen molar-refractivity contribution in [2.24, 2.45) is 0 Å². The van der Waals surface area contributed by atoms with Crippen LogP contribution >= 0.6 is 10.0 Å². The molecule has 0 aromatic heterocycles. The van der Waals surface area contributed by atoms with E-state index in [0.29, 0.717) is 0 Å². The molecule has 0 atom stereocenters. The molecule has 2 heteroatoms. The highest BCUT2D eigenvalue weighted by Gasteiger charge is 2.07. The summed E-state index contributed by atoms with van der Waals surface area (Å²) in [7, 11) is -0.657. The van der Waals surface area contributed by atoms with Gasteiger partial charge in [-0.15, -0.1) is 0 Å². The summed E-state index contributed by atoms with van der Waals surface area (Å²) in [6, 6.07) is 7.95. The Morgan fingerprint density at radius 2 is 1.54 bits per heavy atom. The lowest BCUT2D eigenvalue weighted by Crippen LogP contribution is -1.95. The Bertz CT molecular complexity index is 306. The Hall–Kier alpha value is -0.760. The van der Waals surface area contributed by atoms with Gasteiger partial charge < -0.3 is 0 Å². The minimum atomic E-state index is -0.657. The van der Waals surface area contributed by atoms with Crippen molar-refractivity contribution in [2.45, 2.75) is 11.8 Å². The van der Waals surface area contributed by atoms with Gasteiger partial charge in [-0.05, 0) is 42.7 Å². The molecule has 0 saturated carbocycles. The third-order valence-electron chi connectivity index (χ3n) is 1.97. The predicted octanol–water partition coefficient (Wildman–Crippen LogP) is 2.94. The Balaban J connectivity index is 3.01. The molecule has 0 spiro atoms. The molecule has 1 aromatic carbocycles. The first-order valence-corrected chi connectivity index (χ1v) is 7.06. The molecule has 0 aliphatic carbocycles. The zero-order valence-electron chi connectivity index (χ0n) is 8.63. The topological polar surface area (TPSA) is 17.1 Å². The van der Waals surface area contributed by atoms with Gasteiger partial charge in [0.05, 0.1) is 0 Å². The lowest BCUT2D eigenvalue weighted by Gasteiger charge is -2.25. The van der Waals surface area contributed by atoms with Crippen molar-refractivity contribution >= 4 is 15.8 Å². The van der Waals surface area contributed by atoms with Crippen LogP contribution in [0.1, 0.15) is 17.3 Å². The number of benzene rings is 1. The lowest BCUT2D eigenvalue weighted by atomic mass is 10.2. The molecule has 13 heavy (non-hydrogen) atoms. The summed E-state index contributed by atoms with van der Waals surface area (Å²) in [5, 5.41) is 0. The van der Waals surface area contributed by atoms with Crippen molar-refractivity contribution in [3.05, 3.63) is 29.8 Å². The average molecular weight is 196 g/mol. The summed E-state index contributed by atoms with van der Waals surface area (Å²) in [6.07, 6.45) is 6.74. The molecule has 0 aliphatic heterocycles. The van der Waals surface area contributed by atoms with Crippen LogP contribution in [0, 0.1) is 0 Å². The number of carbonyl (C=O) groups is 1. The number of hydrogen-bond donors (Lipinski definition) is 0. The van der Waals surface area contributed by atoms with Crippen molar-refractivity contribution in [3.8, 4) is 0 Å². The van der Waals surface area contributed by atoms with E-state index >= 15 is 0 Å². The molecule has 0 heterocycles. The number of Topliss-reactive ketones (excluding diaryl/α,β-unsaturated/α-hetero) is 1. The van der Waals surface area contributed by atoms with Gasteiger partial charge in [0.25, 0.3) is 0 Å². The van der Waals surface area contributed by atoms with Crippen LogP contribution in [0.4, 0.5) is 0 Å². The van der Waals surface area contributed by atoms with Gasteiger partial charge in [0, 0.05) is 5.56 Å². The second-order valence-electron chi connectivity index (χ2n) is 3.92. The largest absolute Gasteiger partial charge is 0.295 e. The Labute approximate surface area is 81.5 Å². The van der Waals surface area contributed by atoms with E-state index in [9.17, 15) is 4.79 Å². The van der Waals surface area contributed by atoms with E-state index in [1.54, 1.807) is 6.92 Å². The molecule has 0 fully saturated rings. The van der Waals surface area contributed by atoms with Crippen molar-refractivity contribution in [2.75, 3.05) is 18.8 Å². The van der Waals surface area contributed by atoms with Crippen LogP contribution < -0.4 is 0 Å². The van der Waals surface area contributed by atoms with Gasteiger partial charge in [-0.25, -0.2) is 10.0 Å². The fourth-order valence-electron chi connectivity index (χ4n) is 1.10. The minimum Gasteiger partial charge on any atom is -0.295 e. The zero-order chi connectivity index (χ0) is 10.1. The monoisotopic (exact) mass is 196 g/mol. The van der Waals surface area contributed by atoms with E-state index in [1.165, 1.54) is 4.90 Å². The first kappa shape index (κ1) is 10.3. The summed E-state index contributed by atoms with van der Waals surface area (Å²) in [5.41, 5.74) is 0.799. The second-order valence-corrected chi connectivity index (χ2v) is 8.06. The number of ketones is 1. The molecule has 0 unspecified atom stereocenters. The SMILES string of the molecule is CC(=O)c1ccc(S(C)(C)C)cc1. The molecule has 1 rings (SSSR count). The van der Waals surface area contributed by atoms with Crippen LogP contribution in [0.15, 0.2) is 29.2 Å². The van der Waals surface area contributed by atoms with E-state index in [1.807, 2.05) is 12.1 Å². The molecule has 0 amide bonds. The van der Waals surface area contributed by atoms with Crippen LogP contribution in [-0.2, 0) is 0 Å². The standard InChI is InChI=1S/C11H16OS/c1-9(12)10-5-7-11(8-6-10)13(2,3)4/h5-8H,1-4H3. The van der Waals surface area contributed by atoms with Crippen LogP contribution in [0.25, 0.3) is 0 Å². The third kappa shape index (κ3) is 2.59. The highest BCUT2D eigenvalue weighted by Crippen LogP contribution is 2.44. The van der Waals surface area contributed by atoms with Gasteiger partial charge in [-0.3, -0.25) is 4.79 Å². The summed E-state index contributed by atoms with van der Waals surface area (Å²) in [6.45, 7) is 1.60. The highest BCUT2D eigenvalue weighted by molar-refractivity contribution is 8.32. The van der Waals surface area contributed by atoms with Crippen LogP contribution in [-0.4, -0.2) is 24.6 Å². The second kappa shape index (κ2) is 3.54. The molecule has 0 radical (unpaired) electrons. The summed E-state index contributed by atoms with van der Waals surface area (Å²) in [5.74, 6) is 0.135. The summed E-state index contributed by atoms with van der Waals surface area (Å²) in [4.78, 5) is 12.4. The van der Waals surface area contributed by atoms with E-state index in [-0.39, 0.29) is 5.78 Å². The summed E-state index contributed by atoms with van der Waals surface area (Å²) >= 11 is 0. The third-order valence-corrected chi connectivity index (χ3v) is 3.65. The molecule has 0 aliphatic rings. The maximum absolute atomic E-state index is 11.0. The molecular weight excluding hydrogens is 180 g/mol. The fourth-order valence-corrected chi connectivity index (χ4v) is 2.05. The Morgan fingerprint density at radius 3 is 1.85 bits per heavy atom. The Kier molecular flexibility index (Phi) is 2.81. The van der Waals surface area contributed by atoms with Crippen molar-refractivity contribution in [1.29, 1.82) is 0 Å². The molecule has 0 saturated heterocycles. The predicted molar refractivity (Wildman–Crippen MR) is 60.1 cm³/mol. The van der Waals surface area contributed by atoms with Crippen molar-refractivity contribution in [1.82, 2.24) is 0 Å². The van der Waals surface area contributed by atoms with E-state index < -0.39 is 10.0 Å². The fraction of sp³-hybridized carbons (Fsp3) is 0.364. The van der Waals surface area contributed by atoms with Gasteiger partial charge in [0.15, 0.2) is 5.78 Å². The normalized spacial score (nSPS) is 12.6. The highest BCUT2D eigenvalue weighted by atomic mass is 32.3. The van der Waals surface area contributed by atoms with Gasteiger partial charge in [0.2, 0.25) is 0 Å². The molecule has 1 nitrogen and oxygen atoms in total. The first-order chi connectivity index (χ1) is 5.91. The van der Waals surface area contributed by atoms with Gasteiger partial charge in [-0.1, -0.05) is 12.1 Å². The number of rotatable bonds is 2. The average Bonchev–Trinajstić information content (AvgIpc) is 2.03. The first-order valence-electron chi connectivity index (χ1n) is 4.20. The molecule has 0 N–H and O–H groups in total.